The predicted octanol–water partition coefficient (Wildman–Crippen LogP) is 1.29. The minimum atomic E-state index is -0.832. The summed E-state index contributed by atoms with van der Waals surface area (Å²) in [4.78, 5) is 25.2. The van der Waals surface area contributed by atoms with Gasteiger partial charge in [0, 0.05) is 6.54 Å². The molecule has 2 atom stereocenters. The molecule has 0 aromatic heterocycles. The minimum absolute atomic E-state index is 0.205. The zero-order valence-electron chi connectivity index (χ0n) is 12.0. The van der Waals surface area contributed by atoms with Gasteiger partial charge in [-0.3, -0.25) is 4.79 Å². The highest BCUT2D eigenvalue weighted by molar-refractivity contribution is 5.78. The van der Waals surface area contributed by atoms with Gasteiger partial charge in [-0.25, -0.2) is 4.79 Å². The molecule has 1 aliphatic heterocycles. The van der Waals surface area contributed by atoms with E-state index >= 15 is 0 Å². The monoisotopic (exact) mass is 292 g/mol. The lowest BCUT2D eigenvalue weighted by atomic mass is 10.1. The molecule has 114 valence electrons. The highest BCUT2D eigenvalue weighted by Crippen LogP contribution is 2.21. The average molecular weight is 292 g/mol. The molecule has 0 saturated carbocycles. The van der Waals surface area contributed by atoms with Crippen LogP contribution in [0.4, 0.5) is 4.79 Å². The molecule has 0 spiro atoms. The summed E-state index contributed by atoms with van der Waals surface area (Å²) in [5.74, 6) is -0.511. The third kappa shape index (κ3) is 3.72. The molecule has 0 radical (unpaired) electrons. The van der Waals surface area contributed by atoms with Crippen molar-refractivity contribution >= 4 is 12.1 Å². The smallest absolute Gasteiger partial charge is 0.410 e. The van der Waals surface area contributed by atoms with Gasteiger partial charge in [-0.15, -0.1) is 0 Å². The molecule has 2 N–H and O–H groups in total. The Bertz CT molecular complexity index is 492. The molecule has 21 heavy (non-hydrogen) atoms. The van der Waals surface area contributed by atoms with Crippen molar-refractivity contribution in [2.45, 2.75) is 31.5 Å². The standard InChI is InChI=1S/C15H20N2O4/c1-20-14(18)13(16)12-8-5-9-17(12)15(19)21-10-11-6-3-2-4-7-11/h2-4,6-7,12-13H,5,8-10,16H2,1H3/t12-,13+/m0/s1. The number of methoxy groups -OCH3 is 1. The molecular formula is C15H20N2O4. The number of nitrogens with zero attached hydrogens (tertiary/aromatic N) is 1. The summed E-state index contributed by atoms with van der Waals surface area (Å²) in [5, 5.41) is 0. The van der Waals surface area contributed by atoms with Crippen LogP contribution in [0.2, 0.25) is 0 Å². The maximum absolute atomic E-state index is 12.1. The first-order valence-corrected chi connectivity index (χ1v) is 6.94. The predicted molar refractivity (Wildman–Crippen MR) is 76.3 cm³/mol. The number of carbonyl (C=O) groups is 2. The summed E-state index contributed by atoms with van der Waals surface area (Å²) >= 11 is 0. The summed E-state index contributed by atoms with van der Waals surface area (Å²) in [6, 6.07) is 8.24. The lowest BCUT2D eigenvalue weighted by molar-refractivity contribution is -0.143. The highest BCUT2D eigenvalue weighted by Gasteiger charge is 2.37. The Balaban J connectivity index is 1.93. The zero-order chi connectivity index (χ0) is 15.2. The second kappa shape index (κ2) is 7.08. The normalized spacial score (nSPS) is 19.1. The van der Waals surface area contributed by atoms with Crippen molar-refractivity contribution in [2.75, 3.05) is 13.7 Å². The molecule has 0 unspecified atom stereocenters. The van der Waals surface area contributed by atoms with Crippen molar-refractivity contribution in [3.63, 3.8) is 0 Å². The SMILES string of the molecule is COC(=O)[C@H](N)[C@@H]1CCCN1C(=O)OCc1ccccc1. The van der Waals surface area contributed by atoms with E-state index in [1.165, 1.54) is 12.0 Å². The third-order valence-electron chi connectivity index (χ3n) is 3.63. The fraction of sp³-hybridized carbons (Fsp3) is 0.467. The number of likely N-dealkylation sites (tertiary alicyclic amines) is 1. The van der Waals surface area contributed by atoms with E-state index in [-0.39, 0.29) is 12.6 Å². The van der Waals surface area contributed by atoms with Gasteiger partial charge in [0.25, 0.3) is 0 Å². The van der Waals surface area contributed by atoms with Crippen LogP contribution >= 0.6 is 0 Å². The molecule has 1 saturated heterocycles. The number of hydrogen-bond donors (Lipinski definition) is 1. The molecule has 2 rings (SSSR count). The fourth-order valence-corrected chi connectivity index (χ4v) is 2.49. The van der Waals surface area contributed by atoms with Gasteiger partial charge >= 0.3 is 12.1 Å². The fourth-order valence-electron chi connectivity index (χ4n) is 2.49. The summed E-state index contributed by atoms with van der Waals surface area (Å²) in [6.07, 6.45) is 1.03. The number of benzene rings is 1. The summed E-state index contributed by atoms with van der Waals surface area (Å²) in [5.41, 5.74) is 6.76. The van der Waals surface area contributed by atoms with Gasteiger partial charge in [0.15, 0.2) is 0 Å². The first-order valence-electron chi connectivity index (χ1n) is 6.94. The minimum Gasteiger partial charge on any atom is -0.468 e. The number of rotatable bonds is 4. The van der Waals surface area contributed by atoms with Gasteiger partial charge in [0.1, 0.15) is 12.6 Å². The Labute approximate surface area is 123 Å². The maximum atomic E-state index is 12.1. The van der Waals surface area contributed by atoms with Crippen LogP contribution in [0.1, 0.15) is 18.4 Å². The van der Waals surface area contributed by atoms with E-state index in [1.54, 1.807) is 0 Å². The van der Waals surface area contributed by atoms with Gasteiger partial charge in [-0.1, -0.05) is 30.3 Å². The lowest BCUT2D eigenvalue weighted by Gasteiger charge is -2.27. The van der Waals surface area contributed by atoms with E-state index in [1.807, 2.05) is 30.3 Å². The Hall–Kier alpha value is -2.08. The van der Waals surface area contributed by atoms with E-state index in [0.717, 1.165) is 12.0 Å². The Morgan fingerprint density at radius 3 is 2.76 bits per heavy atom. The van der Waals surface area contributed by atoms with Crippen LogP contribution in [-0.2, 0) is 20.9 Å². The maximum Gasteiger partial charge on any atom is 0.410 e. The van der Waals surface area contributed by atoms with E-state index in [4.69, 9.17) is 10.5 Å². The topological polar surface area (TPSA) is 81.9 Å². The van der Waals surface area contributed by atoms with E-state index in [0.29, 0.717) is 13.0 Å². The van der Waals surface area contributed by atoms with Gasteiger partial charge in [0.05, 0.1) is 13.2 Å². The number of ether oxygens (including phenoxy) is 2. The molecular weight excluding hydrogens is 272 g/mol. The van der Waals surface area contributed by atoms with Gasteiger partial charge < -0.3 is 20.1 Å². The summed E-state index contributed by atoms with van der Waals surface area (Å²) in [7, 11) is 1.29. The summed E-state index contributed by atoms with van der Waals surface area (Å²) in [6.45, 7) is 0.749. The van der Waals surface area contributed by atoms with Crippen LogP contribution < -0.4 is 5.73 Å². The molecule has 1 heterocycles. The number of nitrogens with two attached hydrogens (primary N) is 1. The van der Waals surface area contributed by atoms with Crippen molar-refractivity contribution in [2.24, 2.45) is 5.73 Å². The number of esters is 1. The molecule has 0 bridgehead atoms. The van der Waals surface area contributed by atoms with Crippen molar-refractivity contribution < 1.29 is 19.1 Å². The number of carbonyl (C=O) groups excluding carboxylic acids is 2. The van der Waals surface area contributed by atoms with Gasteiger partial charge in [-0.05, 0) is 18.4 Å². The van der Waals surface area contributed by atoms with E-state index in [2.05, 4.69) is 4.74 Å². The molecule has 1 aliphatic rings. The zero-order valence-corrected chi connectivity index (χ0v) is 12.0. The van der Waals surface area contributed by atoms with Crippen LogP contribution in [0.3, 0.4) is 0 Å². The van der Waals surface area contributed by atoms with Gasteiger partial charge in [0.2, 0.25) is 0 Å². The van der Waals surface area contributed by atoms with E-state index < -0.39 is 18.1 Å². The average Bonchev–Trinajstić information content (AvgIpc) is 3.01. The summed E-state index contributed by atoms with van der Waals surface area (Å²) < 4.78 is 9.92. The van der Waals surface area contributed by atoms with Gasteiger partial charge in [-0.2, -0.15) is 0 Å². The van der Waals surface area contributed by atoms with Crippen LogP contribution in [-0.4, -0.2) is 42.7 Å². The first kappa shape index (κ1) is 15.3. The van der Waals surface area contributed by atoms with Crippen LogP contribution in [0.5, 0.6) is 0 Å². The van der Waals surface area contributed by atoms with Crippen LogP contribution in [0, 0.1) is 0 Å². The lowest BCUT2D eigenvalue weighted by Crippen LogP contribution is -2.51. The molecule has 0 aliphatic carbocycles. The molecule has 6 nitrogen and oxygen atoms in total. The van der Waals surface area contributed by atoms with Crippen molar-refractivity contribution in [3.8, 4) is 0 Å². The van der Waals surface area contributed by atoms with Crippen LogP contribution in [0.25, 0.3) is 0 Å². The molecule has 1 amide bonds. The van der Waals surface area contributed by atoms with Crippen molar-refractivity contribution in [1.82, 2.24) is 4.90 Å². The second-order valence-electron chi connectivity index (χ2n) is 4.99. The molecule has 1 aromatic carbocycles. The van der Waals surface area contributed by atoms with Crippen molar-refractivity contribution in [1.29, 1.82) is 0 Å². The third-order valence-corrected chi connectivity index (χ3v) is 3.63. The first-order chi connectivity index (χ1) is 10.1. The Morgan fingerprint density at radius 1 is 1.38 bits per heavy atom. The van der Waals surface area contributed by atoms with Crippen LogP contribution in [0.15, 0.2) is 30.3 Å². The molecule has 1 aromatic rings. The molecule has 6 heteroatoms. The quantitative estimate of drug-likeness (QED) is 0.846. The van der Waals surface area contributed by atoms with E-state index in [9.17, 15) is 9.59 Å². The highest BCUT2D eigenvalue weighted by atomic mass is 16.6. The Morgan fingerprint density at radius 2 is 2.10 bits per heavy atom. The Kier molecular flexibility index (Phi) is 5.16. The number of hydrogen-bond acceptors (Lipinski definition) is 5. The number of amides is 1. The second-order valence-corrected chi connectivity index (χ2v) is 4.99. The van der Waals surface area contributed by atoms with Crippen molar-refractivity contribution in [3.05, 3.63) is 35.9 Å². The molecule has 1 fully saturated rings. The largest absolute Gasteiger partial charge is 0.468 e.